The molecule has 16 heavy (non-hydrogen) atoms. The van der Waals surface area contributed by atoms with E-state index >= 15 is 0 Å². The lowest BCUT2D eigenvalue weighted by molar-refractivity contribution is 0.0509. The summed E-state index contributed by atoms with van der Waals surface area (Å²) >= 11 is 0. The van der Waals surface area contributed by atoms with E-state index in [1.807, 2.05) is 6.07 Å². The van der Waals surface area contributed by atoms with Crippen molar-refractivity contribution in [1.29, 1.82) is 0 Å². The molecule has 0 aliphatic carbocycles. The van der Waals surface area contributed by atoms with Crippen molar-refractivity contribution in [3.05, 3.63) is 36.9 Å². The number of hydrogen-bond donors (Lipinski definition) is 0. The first-order valence-corrected chi connectivity index (χ1v) is 4.74. The number of aromatic nitrogens is 3. The number of methoxy groups -OCH3 is 1. The Labute approximate surface area is 93.1 Å². The molecule has 5 nitrogen and oxygen atoms in total. The highest BCUT2D eigenvalue weighted by Gasteiger charge is 2.02. The van der Waals surface area contributed by atoms with E-state index in [4.69, 9.17) is 9.47 Å². The highest BCUT2D eigenvalue weighted by molar-refractivity contribution is 5.54. The van der Waals surface area contributed by atoms with Gasteiger partial charge < -0.3 is 9.47 Å². The summed E-state index contributed by atoms with van der Waals surface area (Å²) in [6.07, 6.45) is 6.68. The molecule has 0 aliphatic rings. The Morgan fingerprint density at radius 3 is 2.75 bits per heavy atom. The zero-order valence-corrected chi connectivity index (χ0v) is 8.83. The van der Waals surface area contributed by atoms with E-state index in [1.54, 1.807) is 38.0 Å². The fraction of sp³-hybridized carbons (Fsp3) is 0.182. The molecular formula is C11H11N3O2. The van der Waals surface area contributed by atoms with Gasteiger partial charge in [0.2, 0.25) is 0 Å². The Morgan fingerprint density at radius 2 is 2.00 bits per heavy atom. The molecule has 0 N–H and O–H groups in total. The quantitative estimate of drug-likeness (QED) is 0.727. The van der Waals surface area contributed by atoms with Crippen molar-refractivity contribution in [2.24, 2.45) is 0 Å². The molecule has 5 heteroatoms. The van der Waals surface area contributed by atoms with E-state index in [1.165, 1.54) is 0 Å². The van der Waals surface area contributed by atoms with E-state index in [-0.39, 0.29) is 6.79 Å². The summed E-state index contributed by atoms with van der Waals surface area (Å²) in [5.74, 6) is 1.25. The van der Waals surface area contributed by atoms with Gasteiger partial charge in [0.05, 0.1) is 6.20 Å². The molecule has 0 atom stereocenters. The Kier molecular flexibility index (Phi) is 3.40. The SMILES string of the molecule is COCOc1cncc(-c2ncccn2)c1. The molecule has 0 saturated heterocycles. The van der Waals surface area contributed by atoms with Crippen LogP contribution in [-0.2, 0) is 4.74 Å². The van der Waals surface area contributed by atoms with Gasteiger partial charge in [-0.1, -0.05) is 0 Å². The average Bonchev–Trinajstić information content (AvgIpc) is 2.38. The van der Waals surface area contributed by atoms with Crippen LogP contribution < -0.4 is 4.74 Å². The van der Waals surface area contributed by atoms with Gasteiger partial charge in [0.25, 0.3) is 0 Å². The minimum atomic E-state index is 0.195. The lowest BCUT2D eigenvalue weighted by Gasteiger charge is -2.05. The van der Waals surface area contributed by atoms with E-state index in [9.17, 15) is 0 Å². The molecule has 0 spiro atoms. The molecule has 2 heterocycles. The number of rotatable bonds is 4. The molecule has 0 unspecified atom stereocenters. The number of hydrogen-bond acceptors (Lipinski definition) is 5. The number of pyridine rings is 1. The summed E-state index contributed by atoms with van der Waals surface area (Å²) < 4.78 is 10.1. The van der Waals surface area contributed by atoms with E-state index in [0.29, 0.717) is 11.6 Å². The first kappa shape index (κ1) is 10.5. The van der Waals surface area contributed by atoms with Crippen molar-refractivity contribution in [1.82, 2.24) is 15.0 Å². The van der Waals surface area contributed by atoms with Crippen molar-refractivity contribution in [3.8, 4) is 17.1 Å². The van der Waals surface area contributed by atoms with Crippen molar-refractivity contribution >= 4 is 0 Å². The smallest absolute Gasteiger partial charge is 0.188 e. The van der Waals surface area contributed by atoms with E-state index < -0.39 is 0 Å². The summed E-state index contributed by atoms with van der Waals surface area (Å²) in [6, 6.07) is 3.59. The van der Waals surface area contributed by atoms with Crippen molar-refractivity contribution in [2.45, 2.75) is 0 Å². The molecule has 0 saturated carbocycles. The summed E-state index contributed by atoms with van der Waals surface area (Å²) in [5, 5.41) is 0. The maximum atomic E-state index is 5.28. The second-order valence-corrected chi connectivity index (χ2v) is 3.03. The van der Waals surface area contributed by atoms with Crippen LogP contribution in [0.5, 0.6) is 5.75 Å². The van der Waals surface area contributed by atoms with Crippen molar-refractivity contribution < 1.29 is 9.47 Å². The van der Waals surface area contributed by atoms with Crippen LogP contribution in [0.15, 0.2) is 36.9 Å². The largest absolute Gasteiger partial charge is 0.466 e. The van der Waals surface area contributed by atoms with Gasteiger partial charge in [-0.25, -0.2) is 9.97 Å². The third-order valence-electron chi connectivity index (χ3n) is 1.88. The predicted molar refractivity (Wildman–Crippen MR) is 57.8 cm³/mol. The molecule has 0 radical (unpaired) electrons. The van der Waals surface area contributed by atoms with Crippen LogP contribution >= 0.6 is 0 Å². The fourth-order valence-corrected chi connectivity index (χ4v) is 1.20. The van der Waals surface area contributed by atoms with Gasteiger partial charge in [0.1, 0.15) is 5.75 Å². The monoisotopic (exact) mass is 217 g/mol. The summed E-state index contributed by atoms with van der Waals surface area (Å²) in [4.78, 5) is 12.3. The van der Waals surface area contributed by atoms with Gasteiger partial charge in [-0.05, 0) is 12.1 Å². The molecule has 0 fully saturated rings. The number of nitrogens with zero attached hydrogens (tertiary/aromatic N) is 3. The van der Waals surface area contributed by atoms with E-state index in [0.717, 1.165) is 5.56 Å². The lowest BCUT2D eigenvalue weighted by Crippen LogP contribution is -1.99. The average molecular weight is 217 g/mol. The molecule has 2 aromatic rings. The van der Waals surface area contributed by atoms with Crippen LogP contribution in [0, 0.1) is 0 Å². The Balaban J connectivity index is 2.22. The Bertz CT molecular complexity index is 448. The zero-order chi connectivity index (χ0) is 11.2. The highest BCUT2D eigenvalue weighted by atomic mass is 16.7. The van der Waals surface area contributed by atoms with Gasteiger partial charge in [-0.15, -0.1) is 0 Å². The van der Waals surface area contributed by atoms with Crippen LogP contribution in [0.2, 0.25) is 0 Å². The van der Waals surface area contributed by atoms with Crippen molar-refractivity contribution in [2.75, 3.05) is 13.9 Å². The second-order valence-electron chi connectivity index (χ2n) is 3.03. The lowest BCUT2D eigenvalue weighted by atomic mass is 10.2. The predicted octanol–water partition coefficient (Wildman–Crippen LogP) is 1.52. The third kappa shape index (κ3) is 2.52. The normalized spacial score (nSPS) is 10.1. The minimum absolute atomic E-state index is 0.195. The first-order valence-electron chi connectivity index (χ1n) is 4.74. The molecular weight excluding hydrogens is 206 g/mol. The van der Waals surface area contributed by atoms with Crippen LogP contribution in [-0.4, -0.2) is 28.9 Å². The third-order valence-corrected chi connectivity index (χ3v) is 1.88. The molecule has 2 aromatic heterocycles. The van der Waals surface area contributed by atoms with Crippen molar-refractivity contribution in [3.63, 3.8) is 0 Å². The topological polar surface area (TPSA) is 57.1 Å². The first-order chi connectivity index (χ1) is 7.90. The maximum Gasteiger partial charge on any atom is 0.188 e. The standard InChI is InChI=1S/C11H11N3O2/c1-15-8-16-10-5-9(6-12-7-10)11-13-3-2-4-14-11/h2-7H,8H2,1H3. The molecule has 0 bridgehead atoms. The van der Waals surface area contributed by atoms with Gasteiger partial charge in [-0.2, -0.15) is 0 Å². The molecule has 0 amide bonds. The van der Waals surface area contributed by atoms with Crippen LogP contribution in [0.25, 0.3) is 11.4 Å². The molecule has 2 rings (SSSR count). The molecule has 0 aliphatic heterocycles. The fourth-order valence-electron chi connectivity index (χ4n) is 1.20. The highest BCUT2D eigenvalue weighted by Crippen LogP contribution is 2.18. The van der Waals surface area contributed by atoms with Crippen LogP contribution in [0.1, 0.15) is 0 Å². The van der Waals surface area contributed by atoms with E-state index in [2.05, 4.69) is 15.0 Å². The maximum absolute atomic E-state index is 5.28. The molecule has 82 valence electrons. The second kappa shape index (κ2) is 5.18. The van der Waals surface area contributed by atoms with Gasteiger partial charge in [-0.3, -0.25) is 4.98 Å². The number of ether oxygens (including phenoxy) is 2. The zero-order valence-electron chi connectivity index (χ0n) is 8.83. The van der Waals surface area contributed by atoms with Gasteiger partial charge >= 0.3 is 0 Å². The summed E-state index contributed by atoms with van der Waals surface area (Å²) in [5.41, 5.74) is 0.814. The molecule has 0 aromatic carbocycles. The Hall–Kier alpha value is -2.01. The summed E-state index contributed by atoms with van der Waals surface area (Å²) in [6.45, 7) is 0.195. The minimum Gasteiger partial charge on any atom is -0.466 e. The van der Waals surface area contributed by atoms with Crippen LogP contribution in [0.4, 0.5) is 0 Å². The van der Waals surface area contributed by atoms with Gasteiger partial charge in [0, 0.05) is 31.3 Å². The Morgan fingerprint density at radius 1 is 1.19 bits per heavy atom. The van der Waals surface area contributed by atoms with Crippen LogP contribution in [0.3, 0.4) is 0 Å². The summed E-state index contributed by atoms with van der Waals surface area (Å²) in [7, 11) is 1.57. The van der Waals surface area contributed by atoms with Gasteiger partial charge in [0.15, 0.2) is 12.6 Å².